The molecule has 1 aromatic heterocycles. The lowest BCUT2D eigenvalue weighted by molar-refractivity contribution is 0.574. The van der Waals surface area contributed by atoms with E-state index in [1.165, 1.54) is 0 Å². The summed E-state index contributed by atoms with van der Waals surface area (Å²) >= 11 is 0. The molecule has 2 aromatic rings. The number of nitrogens with one attached hydrogen (secondary N) is 1. The SMILES string of the molecule is CC(NCc1cccc(C#N)c1)c1cnn(C)c1. The summed E-state index contributed by atoms with van der Waals surface area (Å²) in [5.74, 6) is 0. The zero-order chi connectivity index (χ0) is 13.0. The van der Waals surface area contributed by atoms with Crippen LogP contribution in [0.25, 0.3) is 0 Å². The van der Waals surface area contributed by atoms with E-state index in [1.807, 2.05) is 43.7 Å². The Balaban J connectivity index is 1.97. The molecule has 0 saturated carbocycles. The third-order valence-corrected chi connectivity index (χ3v) is 2.89. The van der Waals surface area contributed by atoms with E-state index in [1.54, 1.807) is 4.68 Å². The predicted molar refractivity (Wildman–Crippen MR) is 69.6 cm³/mol. The van der Waals surface area contributed by atoms with Gasteiger partial charge in [-0.15, -0.1) is 0 Å². The Kier molecular flexibility index (Phi) is 3.75. The van der Waals surface area contributed by atoms with Crippen LogP contribution < -0.4 is 5.32 Å². The topological polar surface area (TPSA) is 53.6 Å². The Bertz CT molecular complexity index is 565. The van der Waals surface area contributed by atoms with Gasteiger partial charge in [0.2, 0.25) is 0 Å². The fraction of sp³-hybridized carbons (Fsp3) is 0.286. The molecule has 0 aliphatic heterocycles. The van der Waals surface area contributed by atoms with Crippen molar-refractivity contribution in [1.29, 1.82) is 5.26 Å². The second-order valence-electron chi connectivity index (χ2n) is 4.36. The summed E-state index contributed by atoms with van der Waals surface area (Å²) in [7, 11) is 1.91. The minimum atomic E-state index is 0.240. The molecule has 0 fully saturated rings. The average Bonchev–Trinajstić information content (AvgIpc) is 2.83. The van der Waals surface area contributed by atoms with E-state index in [4.69, 9.17) is 5.26 Å². The Morgan fingerprint density at radius 1 is 1.50 bits per heavy atom. The molecule has 0 aliphatic carbocycles. The van der Waals surface area contributed by atoms with Crippen LogP contribution in [0.5, 0.6) is 0 Å². The molecular formula is C14H16N4. The van der Waals surface area contributed by atoms with Crippen molar-refractivity contribution in [3.05, 3.63) is 53.3 Å². The van der Waals surface area contributed by atoms with Crippen molar-refractivity contribution in [3.8, 4) is 6.07 Å². The molecule has 0 radical (unpaired) electrons. The van der Waals surface area contributed by atoms with Crippen LogP contribution in [0.1, 0.15) is 29.7 Å². The van der Waals surface area contributed by atoms with Gasteiger partial charge in [0.1, 0.15) is 0 Å². The standard InChI is InChI=1S/C14H16N4/c1-11(14-9-17-18(2)10-14)16-8-13-5-3-4-12(6-13)7-15/h3-6,9-11,16H,8H2,1-2H3. The van der Waals surface area contributed by atoms with Crippen LogP contribution in [0.2, 0.25) is 0 Å². The molecule has 0 bridgehead atoms. The molecule has 1 atom stereocenters. The van der Waals surface area contributed by atoms with Crippen LogP contribution in [-0.4, -0.2) is 9.78 Å². The molecule has 1 unspecified atom stereocenters. The van der Waals surface area contributed by atoms with Gasteiger partial charge in [0, 0.05) is 31.4 Å². The smallest absolute Gasteiger partial charge is 0.0991 e. The molecule has 18 heavy (non-hydrogen) atoms. The van der Waals surface area contributed by atoms with Gasteiger partial charge in [-0.05, 0) is 24.6 Å². The zero-order valence-corrected chi connectivity index (χ0v) is 10.6. The highest BCUT2D eigenvalue weighted by molar-refractivity contribution is 5.32. The van der Waals surface area contributed by atoms with Crippen molar-refractivity contribution >= 4 is 0 Å². The van der Waals surface area contributed by atoms with Crippen molar-refractivity contribution in [2.24, 2.45) is 7.05 Å². The second-order valence-corrected chi connectivity index (χ2v) is 4.36. The van der Waals surface area contributed by atoms with Crippen molar-refractivity contribution in [2.75, 3.05) is 0 Å². The minimum Gasteiger partial charge on any atom is -0.306 e. The maximum absolute atomic E-state index is 8.84. The average molecular weight is 240 g/mol. The Morgan fingerprint density at radius 3 is 3.00 bits per heavy atom. The first-order valence-corrected chi connectivity index (χ1v) is 5.90. The normalized spacial score (nSPS) is 12.1. The molecule has 0 spiro atoms. The summed E-state index contributed by atoms with van der Waals surface area (Å²) in [5.41, 5.74) is 2.97. The third kappa shape index (κ3) is 2.96. The fourth-order valence-electron chi connectivity index (χ4n) is 1.80. The first kappa shape index (κ1) is 12.3. The number of nitrogens with zero attached hydrogens (tertiary/aromatic N) is 3. The van der Waals surface area contributed by atoms with Crippen molar-refractivity contribution in [3.63, 3.8) is 0 Å². The van der Waals surface area contributed by atoms with E-state index < -0.39 is 0 Å². The molecule has 0 aliphatic rings. The molecule has 1 heterocycles. The van der Waals surface area contributed by atoms with Gasteiger partial charge < -0.3 is 5.32 Å². The first-order valence-electron chi connectivity index (χ1n) is 5.90. The quantitative estimate of drug-likeness (QED) is 0.890. The number of aryl methyl sites for hydroxylation is 1. The minimum absolute atomic E-state index is 0.240. The summed E-state index contributed by atoms with van der Waals surface area (Å²) in [6, 6.07) is 10.0. The Morgan fingerprint density at radius 2 is 2.33 bits per heavy atom. The van der Waals surface area contributed by atoms with Crippen LogP contribution in [0, 0.1) is 11.3 Å². The Hall–Kier alpha value is -2.12. The summed E-state index contributed by atoms with van der Waals surface area (Å²) < 4.78 is 1.80. The number of rotatable bonds is 4. The molecule has 92 valence electrons. The summed E-state index contributed by atoms with van der Waals surface area (Å²) in [4.78, 5) is 0. The van der Waals surface area contributed by atoms with Gasteiger partial charge in [0.05, 0.1) is 17.8 Å². The van der Waals surface area contributed by atoms with Gasteiger partial charge in [0.15, 0.2) is 0 Å². The van der Waals surface area contributed by atoms with Gasteiger partial charge in [-0.2, -0.15) is 10.4 Å². The van der Waals surface area contributed by atoms with Crippen molar-refractivity contribution in [2.45, 2.75) is 19.5 Å². The lowest BCUT2D eigenvalue weighted by Gasteiger charge is -2.12. The maximum Gasteiger partial charge on any atom is 0.0991 e. The highest BCUT2D eigenvalue weighted by atomic mass is 15.2. The zero-order valence-electron chi connectivity index (χ0n) is 10.6. The van der Waals surface area contributed by atoms with Crippen LogP contribution in [-0.2, 0) is 13.6 Å². The van der Waals surface area contributed by atoms with Crippen LogP contribution in [0.3, 0.4) is 0 Å². The largest absolute Gasteiger partial charge is 0.306 e. The molecule has 4 nitrogen and oxygen atoms in total. The van der Waals surface area contributed by atoms with E-state index in [0.717, 1.165) is 17.7 Å². The highest BCUT2D eigenvalue weighted by Crippen LogP contribution is 2.12. The van der Waals surface area contributed by atoms with Crippen LogP contribution in [0.15, 0.2) is 36.7 Å². The summed E-state index contributed by atoms with van der Waals surface area (Å²) in [6.07, 6.45) is 3.87. The van der Waals surface area contributed by atoms with E-state index in [9.17, 15) is 0 Å². The van der Waals surface area contributed by atoms with E-state index in [2.05, 4.69) is 23.4 Å². The van der Waals surface area contributed by atoms with E-state index in [-0.39, 0.29) is 6.04 Å². The molecule has 0 saturated heterocycles. The van der Waals surface area contributed by atoms with E-state index in [0.29, 0.717) is 5.56 Å². The van der Waals surface area contributed by atoms with Crippen molar-refractivity contribution in [1.82, 2.24) is 15.1 Å². The van der Waals surface area contributed by atoms with E-state index >= 15 is 0 Å². The molecule has 2 rings (SSSR count). The van der Waals surface area contributed by atoms with Gasteiger partial charge in [-0.25, -0.2) is 0 Å². The lowest BCUT2D eigenvalue weighted by Crippen LogP contribution is -2.17. The third-order valence-electron chi connectivity index (χ3n) is 2.89. The van der Waals surface area contributed by atoms with Gasteiger partial charge in [-0.3, -0.25) is 4.68 Å². The maximum atomic E-state index is 8.84. The second kappa shape index (κ2) is 5.48. The molecule has 1 aromatic carbocycles. The first-order chi connectivity index (χ1) is 8.69. The number of hydrogen-bond donors (Lipinski definition) is 1. The molecule has 1 N–H and O–H groups in total. The summed E-state index contributed by atoms with van der Waals surface area (Å²) in [5, 5.41) is 16.4. The Labute approximate surface area is 107 Å². The van der Waals surface area contributed by atoms with Gasteiger partial charge in [0.25, 0.3) is 0 Å². The highest BCUT2D eigenvalue weighted by Gasteiger charge is 2.06. The van der Waals surface area contributed by atoms with Crippen LogP contribution >= 0.6 is 0 Å². The fourth-order valence-corrected chi connectivity index (χ4v) is 1.80. The monoisotopic (exact) mass is 240 g/mol. The van der Waals surface area contributed by atoms with Crippen LogP contribution in [0.4, 0.5) is 0 Å². The summed E-state index contributed by atoms with van der Waals surface area (Å²) in [6.45, 7) is 2.84. The number of benzene rings is 1. The number of nitriles is 1. The molecule has 0 amide bonds. The van der Waals surface area contributed by atoms with Gasteiger partial charge in [-0.1, -0.05) is 12.1 Å². The van der Waals surface area contributed by atoms with Crippen molar-refractivity contribution < 1.29 is 0 Å². The van der Waals surface area contributed by atoms with Gasteiger partial charge >= 0.3 is 0 Å². The lowest BCUT2D eigenvalue weighted by atomic mass is 10.1. The number of aromatic nitrogens is 2. The predicted octanol–water partition coefficient (Wildman–Crippen LogP) is 2.14. The molecule has 4 heteroatoms. The molecular weight excluding hydrogens is 224 g/mol. The number of hydrogen-bond acceptors (Lipinski definition) is 3.